The first-order chi connectivity index (χ1) is 15.0. The molecule has 2 N–H and O–H groups in total. The first kappa shape index (κ1) is 20.0. The summed E-state index contributed by atoms with van der Waals surface area (Å²) in [6.45, 7) is 3.91. The van der Waals surface area contributed by atoms with Gasteiger partial charge in [-0.1, -0.05) is 12.1 Å². The van der Waals surface area contributed by atoms with Crippen molar-refractivity contribution in [2.45, 2.75) is 63.2 Å². The van der Waals surface area contributed by atoms with E-state index in [1.54, 1.807) is 13.3 Å². The zero-order chi connectivity index (χ0) is 21.6. The van der Waals surface area contributed by atoms with Crippen molar-refractivity contribution in [3.05, 3.63) is 47.8 Å². The van der Waals surface area contributed by atoms with Gasteiger partial charge in [-0.2, -0.15) is 4.98 Å². The van der Waals surface area contributed by atoms with Crippen molar-refractivity contribution in [1.82, 2.24) is 15.0 Å². The molecule has 5 rings (SSSR count). The number of para-hydroxylation sites is 1. The second-order valence-electron chi connectivity index (χ2n) is 9.05. The summed E-state index contributed by atoms with van der Waals surface area (Å²) in [5.74, 6) is 0.866. The summed E-state index contributed by atoms with van der Waals surface area (Å²) in [6, 6.07) is 7.78. The molecule has 1 fully saturated rings. The number of nitrogens with one attached hydrogen (secondary N) is 2. The number of ketones is 1. The number of fused-ring (bicyclic) bond motifs is 2. The Balaban J connectivity index is 1.42. The number of aromatic amines is 1. The van der Waals surface area contributed by atoms with Crippen LogP contribution in [-0.4, -0.2) is 45.6 Å². The number of hydrogen-bond donors (Lipinski definition) is 2. The quantitative estimate of drug-likeness (QED) is 0.648. The molecule has 1 unspecified atom stereocenters. The number of methoxy groups -OCH3 is 1. The van der Waals surface area contributed by atoms with Crippen molar-refractivity contribution in [1.29, 1.82) is 0 Å². The summed E-state index contributed by atoms with van der Waals surface area (Å²) in [6.07, 6.45) is 8.20. The molecule has 0 spiro atoms. The van der Waals surface area contributed by atoms with E-state index in [2.05, 4.69) is 20.3 Å². The Morgan fingerprint density at radius 2 is 1.97 bits per heavy atom. The lowest BCUT2D eigenvalue weighted by atomic mass is 9.77. The average Bonchev–Trinajstić information content (AvgIpc) is 3.16. The van der Waals surface area contributed by atoms with Crippen LogP contribution in [0.5, 0.6) is 5.75 Å². The van der Waals surface area contributed by atoms with E-state index in [9.17, 15) is 4.79 Å². The van der Waals surface area contributed by atoms with Crippen LogP contribution in [0.4, 0.5) is 5.95 Å². The van der Waals surface area contributed by atoms with Crippen molar-refractivity contribution in [3.63, 3.8) is 0 Å². The fourth-order valence-electron chi connectivity index (χ4n) is 4.95. The number of aromatic nitrogens is 3. The second kappa shape index (κ2) is 7.64. The Morgan fingerprint density at radius 3 is 2.74 bits per heavy atom. The number of carbonyl (C=O) groups is 1. The molecule has 7 nitrogen and oxygen atoms in total. The third-order valence-electron chi connectivity index (χ3n) is 6.60. The van der Waals surface area contributed by atoms with Gasteiger partial charge in [-0.05, 0) is 57.2 Å². The number of anilines is 1. The second-order valence-corrected chi connectivity index (χ2v) is 9.05. The molecule has 3 aromatic rings. The van der Waals surface area contributed by atoms with E-state index < -0.39 is 11.5 Å². The fraction of sp³-hybridized carbons (Fsp3) is 0.458. The lowest BCUT2D eigenvalue weighted by molar-refractivity contribution is 0.0487. The van der Waals surface area contributed by atoms with Gasteiger partial charge in [0.15, 0.2) is 5.78 Å². The molecule has 2 aromatic heterocycles. The Hall–Kier alpha value is -2.93. The molecule has 0 radical (unpaired) electrons. The highest BCUT2D eigenvalue weighted by atomic mass is 16.5. The smallest absolute Gasteiger partial charge is 0.224 e. The molecule has 31 heavy (non-hydrogen) atoms. The Labute approximate surface area is 181 Å². The first-order valence-corrected chi connectivity index (χ1v) is 10.9. The fourth-order valence-corrected chi connectivity index (χ4v) is 4.95. The van der Waals surface area contributed by atoms with E-state index in [1.807, 2.05) is 44.3 Å². The van der Waals surface area contributed by atoms with Gasteiger partial charge in [-0.3, -0.25) is 4.79 Å². The predicted octanol–water partition coefficient (Wildman–Crippen LogP) is 4.46. The first-order valence-electron chi connectivity index (χ1n) is 10.9. The monoisotopic (exact) mass is 420 g/mol. The van der Waals surface area contributed by atoms with E-state index >= 15 is 0 Å². The number of Topliss-reactive ketones (excluding diaryl/α,β-unsaturated/α-hetero) is 1. The normalized spacial score (nSPS) is 25.1. The molecular weight excluding hydrogens is 392 g/mol. The van der Waals surface area contributed by atoms with E-state index in [4.69, 9.17) is 9.47 Å². The maximum absolute atomic E-state index is 13.4. The molecule has 7 heteroatoms. The van der Waals surface area contributed by atoms with Gasteiger partial charge >= 0.3 is 0 Å². The predicted molar refractivity (Wildman–Crippen MR) is 119 cm³/mol. The van der Waals surface area contributed by atoms with Gasteiger partial charge in [0.2, 0.25) is 5.95 Å². The summed E-state index contributed by atoms with van der Waals surface area (Å²) in [5.41, 5.74) is 1.52. The lowest BCUT2D eigenvalue weighted by Crippen LogP contribution is -2.44. The van der Waals surface area contributed by atoms with E-state index in [-0.39, 0.29) is 5.78 Å². The van der Waals surface area contributed by atoms with Crippen LogP contribution in [0.15, 0.2) is 36.7 Å². The van der Waals surface area contributed by atoms with Crippen LogP contribution in [0.25, 0.3) is 11.0 Å². The molecule has 0 bridgehead atoms. The largest absolute Gasteiger partial charge is 0.486 e. The number of ether oxygens (including phenoxy) is 2. The minimum Gasteiger partial charge on any atom is -0.486 e. The highest BCUT2D eigenvalue weighted by Crippen LogP contribution is 2.44. The zero-order valence-corrected chi connectivity index (χ0v) is 18.1. The third-order valence-corrected chi connectivity index (χ3v) is 6.60. The highest BCUT2D eigenvalue weighted by Gasteiger charge is 2.45. The van der Waals surface area contributed by atoms with Gasteiger partial charge in [-0.15, -0.1) is 0 Å². The molecule has 0 amide bonds. The van der Waals surface area contributed by atoms with Crippen molar-refractivity contribution in [3.8, 4) is 5.75 Å². The summed E-state index contributed by atoms with van der Waals surface area (Å²) >= 11 is 0. The number of H-pyrrole nitrogens is 1. The Morgan fingerprint density at radius 1 is 1.19 bits per heavy atom. The van der Waals surface area contributed by atoms with Crippen molar-refractivity contribution >= 4 is 22.8 Å². The van der Waals surface area contributed by atoms with Gasteiger partial charge in [0.25, 0.3) is 0 Å². The average molecular weight is 421 g/mol. The molecular formula is C24H28N4O3. The number of carbonyl (C=O) groups excluding carboxylic acids is 1. The van der Waals surface area contributed by atoms with Gasteiger partial charge in [-0.25, -0.2) is 4.98 Å². The van der Waals surface area contributed by atoms with Gasteiger partial charge in [0, 0.05) is 30.9 Å². The molecule has 3 heterocycles. The number of nitrogens with zero attached hydrogens (tertiary/aromatic N) is 2. The SMILES string of the molecule is COC1CCC(Nc2ncc3c(C4C(=O)c5ccccc5OC4(C)C)c[nH]c3n2)CC1. The van der Waals surface area contributed by atoms with E-state index in [0.29, 0.717) is 29.4 Å². The summed E-state index contributed by atoms with van der Waals surface area (Å²) in [5, 5.41) is 4.31. The van der Waals surface area contributed by atoms with Crippen LogP contribution < -0.4 is 10.1 Å². The van der Waals surface area contributed by atoms with Crippen LogP contribution >= 0.6 is 0 Å². The van der Waals surface area contributed by atoms with E-state index in [1.165, 1.54) is 0 Å². The van der Waals surface area contributed by atoms with Crippen LogP contribution in [0.1, 0.15) is 61.4 Å². The minimum absolute atomic E-state index is 0.0601. The zero-order valence-electron chi connectivity index (χ0n) is 18.1. The van der Waals surface area contributed by atoms with Crippen LogP contribution in [0.2, 0.25) is 0 Å². The van der Waals surface area contributed by atoms with Crippen LogP contribution in [0, 0.1) is 0 Å². The number of rotatable bonds is 4. The maximum Gasteiger partial charge on any atom is 0.224 e. The molecule has 0 saturated heterocycles. The van der Waals surface area contributed by atoms with Crippen molar-refractivity contribution in [2.75, 3.05) is 12.4 Å². The molecule has 1 aliphatic heterocycles. The third kappa shape index (κ3) is 3.57. The van der Waals surface area contributed by atoms with Crippen LogP contribution in [0.3, 0.4) is 0 Å². The summed E-state index contributed by atoms with van der Waals surface area (Å²) in [4.78, 5) is 25.9. The Bertz CT molecular complexity index is 1110. The molecule has 162 valence electrons. The van der Waals surface area contributed by atoms with Gasteiger partial charge in [0.05, 0.1) is 17.6 Å². The topological polar surface area (TPSA) is 89.1 Å². The molecule has 1 aliphatic carbocycles. The highest BCUT2D eigenvalue weighted by molar-refractivity contribution is 6.06. The summed E-state index contributed by atoms with van der Waals surface area (Å²) < 4.78 is 11.7. The molecule has 1 aromatic carbocycles. The molecule has 1 atom stereocenters. The molecule has 2 aliphatic rings. The minimum atomic E-state index is -0.683. The van der Waals surface area contributed by atoms with Gasteiger partial charge < -0.3 is 19.8 Å². The van der Waals surface area contributed by atoms with E-state index in [0.717, 1.165) is 42.3 Å². The van der Waals surface area contributed by atoms with Crippen molar-refractivity contribution < 1.29 is 14.3 Å². The Kier molecular flexibility index (Phi) is 4.93. The maximum atomic E-state index is 13.4. The standard InChI is InChI=1S/C24H28N4O3/c1-24(2)20(21(29)16-6-4-5-7-19(16)31-24)17-12-25-22-18(17)13-26-23(28-22)27-14-8-10-15(30-3)11-9-14/h4-7,12-15,20H,8-11H2,1-3H3,(H2,25,26,27,28). The number of benzene rings is 1. The van der Waals surface area contributed by atoms with Crippen LogP contribution in [-0.2, 0) is 4.74 Å². The lowest BCUT2D eigenvalue weighted by Gasteiger charge is -2.38. The number of hydrogen-bond acceptors (Lipinski definition) is 6. The summed E-state index contributed by atoms with van der Waals surface area (Å²) in [7, 11) is 1.78. The molecule has 1 saturated carbocycles. The van der Waals surface area contributed by atoms with Crippen molar-refractivity contribution in [2.24, 2.45) is 0 Å². The van der Waals surface area contributed by atoms with Gasteiger partial charge in [0.1, 0.15) is 17.0 Å².